The first kappa shape index (κ1) is 38.6. The predicted octanol–water partition coefficient (Wildman–Crippen LogP) is 3.68. The molecule has 10 N–H and O–H groups in total. The molecule has 0 saturated heterocycles. The van der Waals surface area contributed by atoms with Crippen molar-refractivity contribution in [2.45, 2.75) is 90.8 Å². The number of aromatic nitrogens is 2. The summed E-state index contributed by atoms with van der Waals surface area (Å²) < 4.78 is 0. The van der Waals surface area contributed by atoms with E-state index in [1.807, 2.05) is 41.5 Å². The lowest BCUT2D eigenvalue weighted by atomic mass is 9.95. The van der Waals surface area contributed by atoms with Gasteiger partial charge in [-0.05, 0) is 48.2 Å². The summed E-state index contributed by atoms with van der Waals surface area (Å²) in [6.45, 7) is 12.1. The summed E-state index contributed by atoms with van der Waals surface area (Å²) in [4.78, 5) is 28.0. The third-order valence-corrected chi connectivity index (χ3v) is 7.19. The van der Waals surface area contributed by atoms with Crippen molar-refractivity contribution >= 4 is 34.2 Å². The molecule has 11 nitrogen and oxygen atoms in total. The third-order valence-electron chi connectivity index (χ3n) is 7.19. The Hall–Kier alpha value is -3.45. The Labute approximate surface area is 263 Å². The van der Waals surface area contributed by atoms with Crippen LogP contribution in [0.2, 0.25) is 0 Å². The van der Waals surface area contributed by atoms with Crippen LogP contribution in [0.1, 0.15) is 77.7 Å². The number of aromatic hydroxyl groups is 2. The molecule has 2 heterocycles. The van der Waals surface area contributed by atoms with Crippen LogP contribution in [0.5, 0.6) is 11.5 Å². The maximum absolute atomic E-state index is 11.4. The molecule has 0 aliphatic rings. The zero-order chi connectivity index (χ0) is 31.1. The number of aliphatic hydroxyl groups excluding tert-OH is 2. The van der Waals surface area contributed by atoms with E-state index in [4.69, 9.17) is 0 Å². The second-order valence-corrected chi connectivity index (χ2v) is 11.1. The van der Waals surface area contributed by atoms with Gasteiger partial charge in [0.25, 0.3) is 0 Å². The zero-order valence-electron chi connectivity index (χ0n) is 26.0. The van der Waals surface area contributed by atoms with Crippen LogP contribution in [0.25, 0.3) is 21.8 Å². The minimum absolute atomic E-state index is 0. The van der Waals surface area contributed by atoms with Gasteiger partial charge in [-0.3, -0.25) is 9.59 Å². The Morgan fingerprint density at radius 2 is 0.977 bits per heavy atom. The first-order chi connectivity index (χ1) is 19.9. The number of hydrogen-bond acceptors (Lipinski definition) is 8. The SMILES string of the molecule is CCC(NC(C)C)C(O)c1ccc(O)c2[nH]c(=O)ccc12.CCC(NC(C)C)C(O)c1ccc(O)c2[nH]c(=O)ccc12.Cl.O. The number of pyridine rings is 2. The molecule has 4 aromatic rings. The number of phenolic OH excluding ortho intramolecular Hbond substituents is 2. The molecule has 2 aromatic carbocycles. The summed E-state index contributed by atoms with van der Waals surface area (Å²) in [6.07, 6.45) is 0.105. The quantitative estimate of drug-likeness (QED) is 0.129. The van der Waals surface area contributed by atoms with Gasteiger partial charge in [0.05, 0.1) is 23.2 Å². The number of H-pyrrole nitrogens is 2. The number of hydrogen-bond donors (Lipinski definition) is 8. The third kappa shape index (κ3) is 9.28. The molecule has 4 unspecified atom stereocenters. The van der Waals surface area contributed by atoms with Crippen molar-refractivity contribution < 1.29 is 25.9 Å². The molecule has 244 valence electrons. The molecule has 12 heteroatoms. The Bertz CT molecular complexity index is 1490. The highest BCUT2D eigenvalue weighted by atomic mass is 35.5. The monoisotopic (exact) mass is 634 g/mol. The number of halogens is 1. The standard InChI is InChI=1S/2C16H22N2O3.ClH.H2O/c2*1-4-12(17-9(2)3)16(21)11-5-7-13(19)15-10(11)6-8-14(20)18-15;;/h2*5-9,12,16-17,19,21H,4H2,1-3H3,(H,18,20);1H;1H2. The minimum Gasteiger partial charge on any atom is -0.506 e. The van der Waals surface area contributed by atoms with Gasteiger partial charge in [-0.25, -0.2) is 0 Å². The van der Waals surface area contributed by atoms with Crippen molar-refractivity contribution in [1.82, 2.24) is 20.6 Å². The molecule has 0 aliphatic heterocycles. The molecule has 4 atom stereocenters. The maximum atomic E-state index is 11.4. The lowest BCUT2D eigenvalue weighted by Gasteiger charge is -2.26. The van der Waals surface area contributed by atoms with Gasteiger partial charge in [0, 0.05) is 47.1 Å². The number of phenols is 2. The van der Waals surface area contributed by atoms with Crippen LogP contribution in [0.4, 0.5) is 0 Å². The number of benzene rings is 2. The van der Waals surface area contributed by atoms with Crippen LogP contribution in [0.3, 0.4) is 0 Å². The molecule has 0 saturated carbocycles. The number of rotatable bonds is 10. The highest BCUT2D eigenvalue weighted by molar-refractivity contribution is 5.88. The molecule has 0 amide bonds. The van der Waals surface area contributed by atoms with Crippen LogP contribution in [0.15, 0.2) is 58.1 Å². The lowest BCUT2D eigenvalue weighted by molar-refractivity contribution is 0.122. The first-order valence-corrected chi connectivity index (χ1v) is 14.5. The van der Waals surface area contributed by atoms with E-state index >= 15 is 0 Å². The molecule has 0 radical (unpaired) electrons. The fourth-order valence-electron chi connectivity index (χ4n) is 5.19. The summed E-state index contributed by atoms with van der Waals surface area (Å²) in [5.74, 6) is 0.00651. The molecule has 0 spiro atoms. The minimum atomic E-state index is -0.716. The van der Waals surface area contributed by atoms with E-state index in [2.05, 4.69) is 20.6 Å². The van der Waals surface area contributed by atoms with Gasteiger partial charge < -0.3 is 46.5 Å². The predicted molar refractivity (Wildman–Crippen MR) is 178 cm³/mol. The molecule has 0 fully saturated rings. The Balaban J connectivity index is 0.000000421. The summed E-state index contributed by atoms with van der Waals surface area (Å²) in [5, 5.41) is 49.0. The van der Waals surface area contributed by atoms with Crippen molar-refractivity contribution in [1.29, 1.82) is 0 Å². The Morgan fingerprint density at radius 1 is 0.636 bits per heavy atom. The van der Waals surface area contributed by atoms with Gasteiger partial charge in [0.1, 0.15) is 11.5 Å². The van der Waals surface area contributed by atoms with Crippen LogP contribution >= 0.6 is 12.4 Å². The molecular formula is C32H47ClN4O7. The largest absolute Gasteiger partial charge is 0.506 e. The van der Waals surface area contributed by atoms with E-state index in [-0.39, 0.29) is 64.7 Å². The zero-order valence-corrected chi connectivity index (χ0v) is 26.8. The fraction of sp³-hybridized carbons (Fsp3) is 0.438. The summed E-state index contributed by atoms with van der Waals surface area (Å²) in [7, 11) is 0. The number of fused-ring (bicyclic) bond motifs is 2. The van der Waals surface area contributed by atoms with E-state index < -0.39 is 12.2 Å². The van der Waals surface area contributed by atoms with Crippen LogP contribution in [-0.2, 0) is 0 Å². The average molecular weight is 635 g/mol. The number of nitrogens with one attached hydrogen (secondary N) is 4. The molecule has 0 aliphatic carbocycles. The van der Waals surface area contributed by atoms with Gasteiger partial charge in [0.15, 0.2) is 0 Å². The highest BCUT2D eigenvalue weighted by Gasteiger charge is 2.23. The van der Waals surface area contributed by atoms with Gasteiger partial charge >= 0.3 is 0 Å². The van der Waals surface area contributed by atoms with E-state index in [1.165, 1.54) is 24.3 Å². The van der Waals surface area contributed by atoms with E-state index in [0.29, 0.717) is 32.9 Å². The molecule has 44 heavy (non-hydrogen) atoms. The van der Waals surface area contributed by atoms with E-state index in [0.717, 1.165) is 12.8 Å². The van der Waals surface area contributed by atoms with Crippen LogP contribution in [-0.4, -0.2) is 60.0 Å². The van der Waals surface area contributed by atoms with Crippen molar-refractivity contribution in [3.8, 4) is 11.5 Å². The first-order valence-electron chi connectivity index (χ1n) is 14.5. The van der Waals surface area contributed by atoms with Gasteiger partial charge in [-0.2, -0.15) is 0 Å². The van der Waals surface area contributed by atoms with Gasteiger partial charge in [-0.1, -0.05) is 53.7 Å². The maximum Gasteiger partial charge on any atom is 0.248 e. The second-order valence-electron chi connectivity index (χ2n) is 11.1. The second kappa shape index (κ2) is 17.1. The summed E-state index contributed by atoms with van der Waals surface area (Å²) in [5.41, 5.74) is 1.54. The topological polar surface area (TPSA) is 202 Å². The van der Waals surface area contributed by atoms with Gasteiger partial charge in [0.2, 0.25) is 11.1 Å². The summed E-state index contributed by atoms with van der Waals surface area (Å²) >= 11 is 0. The van der Waals surface area contributed by atoms with Crippen molar-refractivity contribution in [3.05, 3.63) is 80.4 Å². The Morgan fingerprint density at radius 3 is 1.27 bits per heavy atom. The lowest BCUT2D eigenvalue weighted by Crippen LogP contribution is -2.39. The summed E-state index contributed by atoms with van der Waals surface area (Å²) in [6, 6.07) is 12.8. The molecule has 0 bridgehead atoms. The Kier molecular flexibility index (Phi) is 15.0. The molecular weight excluding hydrogens is 588 g/mol. The smallest absolute Gasteiger partial charge is 0.248 e. The number of aliphatic hydroxyl groups is 2. The molecule has 4 rings (SSSR count). The van der Waals surface area contributed by atoms with E-state index in [1.54, 1.807) is 24.3 Å². The van der Waals surface area contributed by atoms with E-state index in [9.17, 15) is 30.0 Å². The van der Waals surface area contributed by atoms with Crippen LogP contribution < -0.4 is 21.8 Å². The average Bonchev–Trinajstić information content (AvgIpc) is 2.95. The fourth-order valence-corrected chi connectivity index (χ4v) is 5.19. The van der Waals surface area contributed by atoms with Gasteiger partial charge in [-0.15, -0.1) is 12.4 Å². The molecule has 2 aromatic heterocycles. The normalized spacial score (nSPS) is 13.9. The number of aromatic amines is 2. The van der Waals surface area contributed by atoms with Crippen molar-refractivity contribution in [2.75, 3.05) is 0 Å². The van der Waals surface area contributed by atoms with Crippen molar-refractivity contribution in [2.24, 2.45) is 0 Å². The highest BCUT2D eigenvalue weighted by Crippen LogP contribution is 2.32. The van der Waals surface area contributed by atoms with Crippen LogP contribution in [0, 0.1) is 0 Å². The van der Waals surface area contributed by atoms with Crippen molar-refractivity contribution in [3.63, 3.8) is 0 Å².